The molecule has 4 heteroatoms. The van der Waals surface area contributed by atoms with Crippen molar-refractivity contribution >= 4 is 0 Å². The Balaban J connectivity index is 3.00. The molecule has 0 fully saturated rings. The van der Waals surface area contributed by atoms with Crippen LogP contribution in [0.25, 0.3) is 0 Å². The van der Waals surface area contributed by atoms with Crippen LogP contribution < -0.4 is 5.73 Å². The summed E-state index contributed by atoms with van der Waals surface area (Å²) in [6.45, 7) is 4.63. The lowest BCUT2D eigenvalue weighted by molar-refractivity contribution is 0.688. The van der Waals surface area contributed by atoms with Gasteiger partial charge in [-0.1, -0.05) is 13.8 Å². The van der Waals surface area contributed by atoms with Crippen molar-refractivity contribution in [2.45, 2.75) is 26.3 Å². The van der Waals surface area contributed by atoms with E-state index in [0.29, 0.717) is 12.5 Å². The van der Waals surface area contributed by atoms with E-state index in [1.165, 1.54) is 0 Å². The lowest BCUT2D eigenvalue weighted by Crippen LogP contribution is -2.07. The Kier molecular flexibility index (Phi) is 2.24. The summed E-state index contributed by atoms with van der Waals surface area (Å²) in [6, 6.07) is 0. The normalized spacial score (nSPS) is 11.0. The molecule has 0 atom stereocenters. The summed E-state index contributed by atoms with van der Waals surface area (Å²) < 4.78 is 1.95. The first-order valence-corrected chi connectivity index (χ1v) is 3.75. The van der Waals surface area contributed by atoms with Crippen molar-refractivity contribution in [1.29, 1.82) is 0 Å². The van der Waals surface area contributed by atoms with Crippen LogP contribution in [0.3, 0.4) is 0 Å². The molecule has 1 aromatic rings. The van der Waals surface area contributed by atoms with E-state index in [4.69, 9.17) is 5.73 Å². The second-order valence-electron chi connectivity index (χ2n) is 2.89. The third kappa shape index (κ3) is 1.40. The smallest absolute Gasteiger partial charge is 0.146 e. The van der Waals surface area contributed by atoms with Crippen LogP contribution in [0.15, 0.2) is 0 Å². The molecule has 1 rings (SSSR count). The zero-order chi connectivity index (χ0) is 8.43. The highest BCUT2D eigenvalue weighted by Gasteiger charge is 2.09. The minimum atomic E-state index is 0.410. The fourth-order valence-corrected chi connectivity index (χ4v) is 1.06. The average molecular weight is 154 g/mol. The summed E-state index contributed by atoms with van der Waals surface area (Å²) in [5, 5.41) is 7.96. The van der Waals surface area contributed by atoms with Gasteiger partial charge >= 0.3 is 0 Å². The van der Waals surface area contributed by atoms with Crippen molar-refractivity contribution in [1.82, 2.24) is 14.8 Å². The van der Waals surface area contributed by atoms with Gasteiger partial charge in [0.2, 0.25) is 0 Å². The monoisotopic (exact) mass is 154 g/mol. The van der Waals surface area contributed by atoms with E-state index >= 15 is 0 Å². The maximum atomic E-state index is 5.44. The maximum Gasteiger partial charge on any atom is 0.146 e. The zero-order valence-corrected chi connectivity index (χ0v) is 7.20. The third-order valence-corrected chi connectivity index (χ3v) is 1.70. The van der Waals surface area contributed by atoms with E-state index in [1.807, 2.05) is 11.6 Å². The van der Waals surface area contributed by atoms with Crippen LogP contribution in [0.2, 0.25) is 0 Å². The predicted octanol–water partition coefficient (Wildman–Crippen LogP) is 0.397. The molecule has 2 N–H and O–H groups in total. The van der Waals surface area contributed by atoms with Crippen molar-refractivity contribution < 1.29 is 0 Å². The number of nitrogens with zero attached hydrogens (tertiary/aromatic N) is 3. The maximum absolute atomic E-state index is 5.44. The lowest BCUT2D eigenvalue weighted by atomic mass is 10.2. The molecule has 0 radical (unpaired) electrons. The number of nitrogens with two attached hydrogens (primary N) is 1. The van der Waals surface area contributed by atoms with E-state index in [0.717, 1.165) is 11.6 Å². The van der Waals surface area contributed by atoms with E-state index in [-0.39, 0.29) is 0 Å². The molecule has 1 heterocycles. The van der Waals surface area contributed by atoms with Crippen molar-refractivity contribution in [2.24, 2.45) is 12.8 Å². The van der Waals surface area contributed by atoms with Gasteiger partial charge in [0, 0.05) is 13.0 Å². The Bertz CT molecular complexity index is 239. The quantitative estimate of drug-likeness (QED) is 0.670. The Labute approximate surface area is 66.4 Å². The molecule has 11 heavy (non-hydrogen) atoms. The van der Waals surface area contributed by atoms with Gasteiger partial charge in [-0.25, -0.2) is 0 Å². The molecule has 1 aromatic heterocycles. The van der Waals surface area contributed by atoms with Crippen molar-refractivity contribution in [3.05, 3.63) is 11.6 Å². The van der Waals surface area contributed by atoms with Crippen LogP contribution in [0, 0.1) is 0 Å². The van der Waals surface area contributed by atoms with Gasteiger partial charge in [0.05, 0.1) is 6.54 Å². The van der Waals surface area contributed by atoms with Crippen LogP contribution in [-0.2, 0) is 13.6 Å². The van der Waals surface area contributed by atoms with Gasteiger partial charge in [0.15, 0.2) is 0 Å². The van der Waals surface area contributed by atoms with E-state index in [9.17, 15) is 0 Å². The molecule has 0 aromatic carbocycles. The van der Waals surface area contributed by atoms with E-state index < -0.39 is 0 Å². The van der Waals surface area contributed by atoms with Gasteiger partial charge in [0.25, 0.3) is 0 Å². The number of rotatable bonds is 2. The van der Waals surface area contributed by atoms with Crippen LogP contribution >= 0.6 is 0 Å². The van der Waals surface area contributed by atoms with Crippen LogP contribution in [0.4, 0.5) is 0 Å². The molecule has 0 spiro atoms. The molecule has 0 aliphatic rings. The summed E-state index contributed by atoms with van der Waals surface area (Å²) >= 11 is 0. The Morgan fingerprint density at radius 2 is 2.09 bits per heavy atom. The summed E-state index contributed by atoms with van der Waals surface area (Å²) in [5.74, 6) is 2.24. The summed E-state index contributed by atoms with van der Waals surface area (Å²) in [5.41, 5.74) is 5.44. The summed E-state index contributed by atoms with van der Waals surface area (Å²) in [6.07, 6.45) is 0. The molecule has 0 aliphatic carbocycles. The first-order chi connectivity index (χ1) is 5.16. The molecule has 62 valence electrons. The Morgan fingerprint density at radius 3 is 2.36 bits per heavy atom. The minimum Gasteiger partial charge on any atom is -0.324 e. The molecular formula is C7H14N4. The molecule has 0 saturated carbocycles. The second kappa shape index (κ2) is 3.00. The van der Waals surface area contributed by atoms with Gasteiger partial charge < -0.3 is 10.3 Å². The first kappa shape index (κ1) is 8.20. The van der Waals surface area contributed by atoms with Crippen molar-refractivity contribution in [3.63, 3.8) is 0 Å². The molecule has 0 aliphatic heterocycles. The van der Waals surface area contributed by atoms with Crippen molar-refractivity contribution in [2.75, 3.05) is 0 Å². The number of hydrogen-bond acceptors (Lipinski definition) is 3. The number of aromatic nitrogens is 3. The topological polar surface area (TPSA) is 56.7 Å². The lowest BCUT2D eigenvalue weighted by Gasteiger charge is -2.03. The molecule has 0 saturated heterocycles. The Morgan fingerprint density at radius 1 is 1.45 bits per heavy atom. The summed E-state index contributed by atoms with van der Waals surface area (Å²) in [4.78, 5) is 0. The molecular weight excluding hydrogens is 140 g/mol. The van der Waals surface area contributed by atoms with Gasteiger partial charge in [-0.2, -0.15) is 0 Å². The first-order valence-electron chi connectivity index (χ1n) is 3.75. The van der Waals surface area contributed by atoms with Gasteiger partial charge in [0.1, 0.15) is 11.6 Å². The SMILES string of the molecule is CC(C)c1nnc(CN)n1C. The fourth-order valence-electron chi connectivity index (χ4n) is 1.06. The standard InChI is InChI=1S/C7H14N4/c1-5(2)7-10-9-6(4-8)11(7)3/h5H,4,8H2,1-3H3. The van der Waals surface area contributed by atoms with Crippen LogP contribution in [-0.4, -0.2) is 14.8 Å². The number of hydrogen-bond donors (Lipinski definition) is 1. The van der Waals surface area contributed by atoms with Gasteiger partial charge in [-0.05, 0) is 0 Å². The zero-order valence-electron chi connectivity index (χ0n) is 7.20. The van der Waals surface area contributed by atoms with Crippen LogP contribution in [0.5, 0.6) is 0 Å². The highest BCUT2D eigenvalue weighted by molar-refractivity contribution is 4.98. The minimum absolute atomic E-state index is 0.410. The third-order valence-electron chi connectivity index (χ3n) is 1.70. The molecule has 0 amide bonds. The Hall–Kier alpha value is -0.900. The van der Waals surface area contributed by atoms with Crippen LogP contribution in [0.1, 0.15) is 31.4 Å². The predicted molar refractivity (Wildman–Crippen MR) is 43.0 cm³/mol. The summed E-state index contributed by atoms with van der Waals surface area (Å²) in [7, 11) is 1.94. The van der Waals surface area contributed by atoms with E-state index in [2.05, 4.69) is 24.0 Å². The van der Waals surface area contributed by atoms with E-state index in [1.54, 1.807) is 0 Å². The van der Waals surface area contributed by atoms with Crippen molar-refractivity contribution in [3.8, 4) is 0 Å². The fraction of sp³-hybridized carbons (Fsp3) is 0.714. The molecule has 0 unspecified atom stereocenters. The highest BCUT2D eigenvalue weighted by Crippen LogP contribution is 2.10. The largest absolute Gasteiger partial charge is 0.324 e. The van der Waals surface area contributed by atoms with Gasteiger partial charge in [-0.3, -0.25) is 0 Å². The van der Waals surface area contributed by atoms with Gasteiger partial charge in [-0.15, -0.1) is 10.2 Å². The highest BCUT2D eigenvalue weighted by atomic mass is 15.3. The molecule has 4 nitrogen and oxygen atoms in total. The average Bonchev–Trinajstić information content (AvgIpc) is 2.30. The molecule has 0 bridgehead atoms. The second-order valence-corrected chi connectivity index (χ2v) is 2.89.